The molecule has 0 aliphatic heterocycles. The van der Waals surface area contributed by atoms with E-state index in [1.54, 1.807) is 24.3 Å². The lowest BCUT2D eigenvalue weighted by Crippen LogP contribution is -2.32. The standard InChI is InChI=1S/C11H14N2OS/c1-3-9(2)13-15(14)11-6-4-5-10(7-11)8-12/h4-7,9,13H,3H2,1-2H3. The van der Waals surface area contributed by atoms with Gasteiger partial charge >= 0.3 is 0 Å². The van der Waals surface area contributed by atoms with Crippen molar-refractivity contribution in [2.75, 3.05) is 0 Å². The second-order valence-electron chi connectivity index (χ2n) is 3.34. The average Bonchev–Trinajstić information content (AvgIpc) is 2.28. The molecule has 0 saturated heterocycles. The van der Waals surface area contributed by atoms with Gasteiger partial charge in [0.25, 0.3) is 0 Å². The summed E-state index contributed by atoms with van der Waals surface area (Å²) in [6.45, 7) is 4.01. The Balaban J connectivity index is 2.73. The molecule has 0 aliphatic carbocycles. The largest absolute Gasteiger partial charge is 0.593 e. The van der Waals surface area contributed by atoms with Crippen molar-refractivity contribution in [3.05, 3.63) is 29.8 Å². The molecule has 1 rings (SSSR count). The van der Waals surface area contributed by atoms with Gasteiger partial charge in [-0.3, -0.25) is 0 Å². The summed E-state index contributed by atoms with van der Waals surface area (Å²) in [6, 6.07) is 9.07. The van der Waals surface area contributed by atoms with Gasteiger partial charge in [0.2, 0.25) is 0 Å². The first-order valence-corrected chi connectivity index (χ1v) is 6.00. The molecule has 0 aromatic heterocycles. The quantitative estimate of drug-likeness (QED) is 0.792. The SMILES string of the molecule is CCC(C)N[S+]([O-])c1cccc(C#N)c1. The van der Waals surface area contributed by atoms with Crippen LogP contribution in [0.4, 0.5) is 0 Å². The van der Waals surface area contributed by atoms with E-state index in [2.05, 4.69) is 4.72 Å². The molecule has 3 nitrogen and oxygen atoms in total. The predicted octanol–water partition coefficient (Wildman–Crippen LogP) is 1.97. The van der Waals surface area contributed by atoms with Gasteiger partial charge in [-0.25, -0.2) is 0 Å². The Hall–Kier alpha value is -1.02. The molecule has 0 saturated carbocycles. The van der Waals surface area contributed by atoms with Gasteiger partial charge in [-0.05, 0) is 25.5 Å². The van der Waals surface area contributed by atoms with Crippen LogP contribution in [-0.2, 0) is 11.4 Å². The van der Waals surface area contributed by atoms with Crippen LogP contribution in [0, 0.1) is 11.3 Å². The zero-order chi connectivity index (χ0) is 11.3. The Bertz CT molecular complexity index is 362. The van der Waals surface area contributed by atoms with E-state index in [0.29, 0.717) is 10.5 Å². The number of hydrogen-bond donors (Lipinski definition) is 1. The Kier molecular flexibility index (Phi) is 4.63. The first kappa shape index (κ1) is 12.1. The fourth-order valence-electron chi connectivity index (χ4n) is 1.02. The molecule has 0 bridgehead atoms. The zero-order valence-corrected chi connectivity index (χ0v) is 9.67. The number of rotatable bonds is 4. The molecular formula is C11H14N2OS. The van der Waals surface area contributed by atoms with Crippen molar-refractivity contribution < 1.29 is 4.55 Å². The maximum Gasteiger partial charge on any atom is 0.175 e. The van der Waals surface area contributed by atoms with E-state index in [9.17, 15) is 4.55 Å². The van der Waals surface area contributed by atoms with Crippen molar-refractivity contribution in [2.24, 2.45) is 0 Å². The molecule has 1 aromatic rings. The lowest BCUT2D eigenvalue weighted by Gasteiger charge is -2.14. The van der Waals surface area contributed by atoms with Crippen molar-refractivity contribution in [2.45, 2.75) is 31.2 Å². The van der Waals surface area contributed by atoms with Crippen LogP contribution in [0.5, 0.6) is 0 Å². The highest BCUT2D eigenvalue weighted by Crippen LogP contribution is 2.11. The van der Waals surface area contributed by atoms with Crippen molar-refractivity contribution in [1.82, 2.24) is 4.72 Å². The van der Waals surface area contributed by atoms with Crippen molar-refractivity contribution in [3.63, 3.8) is 0 Å². The second-order valence-corrected chi connectivity index (χ2v) is 4.58. The molecule has 2 unspecified atom stereocenters. The van der Waals surface area contributed by atoms with Crippen LogP contribution in [-0.4, -0.2) is 10.6 Å². The molecule has 80 valence electrons. The summed E-state index contributed by atoms with van der Waals surface area (Å²) in [5.74, 6) is 0. The maximum atomic E-state index is 11.8. The van der Waals surface area contributed by atoms with Crippen LogP contribution >= 0.6 is 0 Å². The summed E-state index contributed by atoms with van der Waals surface area (Å²) >= 11 is -1.23. The van der Waals surface area contributed by atoms with Crippen molar-refractivity contribution in [3.8, 4) is 6.07 Å². The minimum Gasteiger partial charge on any atom is -0.593 e. The number of nitrogens with one attached hydrogen (secondary N) is 1. The monoisotopic (exact) mass is 222 g/mol. The van der Waals surface area contributed by atoms with Crippen LogP contribution in [0.25, 0.3) is 0 Å². The third-order valence-corrected chi connectivity index (χ3v) is 3.40. The van der Waals surface area contributed by atoms with Gasteiger partial charge in [0.05, 0.1) is 23.0 Å². The maximum absolute atomic E-state index is 11.8. The topological polar surface area (TPSA) is 58.9 Å². The van der Waals surface area contributed by atoms with Crippen LogP contribution in [0.2, 0.25) is 0 Å². The number of benzene rings is 1. The van der Waals surface area contributed by atoms with Gasteiger partial charge in [-0.2, -0.15) is 5.26 Å². The summed E-state index contributed by atoms with van der Waals surface area (Å²) in [5, 5.41) is 8.70. The Morgan fingerprint density at radius 1 is 1.60 bits per heavy atom. The Morgan fingerprint density at radius 2 is 2.33 bits per heavy atom. The van der Waals surface area contributed by atoms with E-state index in [4.69, 9.17) is 5.26 Å². The highest BCUT2D eigenvalue weighted by Gasteiger charge is 2.14. The van der Waals surface area contributed by atoms with E-state index in [1.165, 1.54) is 0 Å². The number of nitriles is 1. The first-order chi connectivity index (χ1) is 7.17. The highest BCUT2D eigenvalue weighted by atomic mass is 32.2. The minimum atomic E-state index is -1.23. The normalized spacial score (nSPS) is 14.3. The van der Waals surface area contributed by atoms with E-state index in [1.807, 2.05) is 19.9 Å². The molecule has 0 heterocycles. The van der Waals surface area contributed by atoms with E-state index in [0.717, 1.165) is 6.42 Å². The summed E-state index contributed by atoms with van der Waals surface area (Å²) in [4.78, 5) is 0.648. The molecule has 0 amide bonds. The molecule has 0 radical (unpaired) electrons. The van der Waals surface area contributed by atoms with Gasteiger partial charge in [0, 0.05) is 12.1 Å². The highest BCUT2D eigenvalue weighted by molar-refractivity contribution is 7.89. The van der Waals surface area contributed by atoms with Gasteiger partial charge in [-0.1, -0.05) is 13.0 Å². The van der Waals surface area contributed by atoms with Crippen LogP contribution in [0.3, 0.4) is 0 Å². The smallest absolute Gasteiger partial charge is 0.175 e. The van der Waals surface area contributed by atoms with Crippen molar-refractivity contribution >= 4 is 11.4 Å². The van der Waals surface area contributed by atoms with Crippen LogP contribution < -0.4 is 4.72 Å². The molecule has 4 heteroatoms. The molecule has 0 fully saturated rings. The average molecular weight is 222 g/mol. The minimum absolute atomic E-state index is 0.205. The van der Waals surface area contributed by atoms with E-state index >= 15 is 0 Å². The van der Waals surface area contributed by atoms with E-state index < -0.39 is 11.4 Å². The number of nitrogens with zero attached hydrogens (tertiary/aromatic N) is 1. The van der Waals surface area contributed by atoms with Gasteiger partial charge in [-0.15, -0.1) is 4.72 Å². The fraction of sp³-hybridized carbons (Fsp3) is 0.364. The molecular weight excluding hydrogens is 208 g/mol. The van der Waals surface area contributed by atoms with E-state index in [-0.39, 0.29) is 6.04 Å². The molecule has 2 atom stereocenters. The van der Waals surface area contributed by atoms with Gasteiger partial charge in [0.1, 0.15) is 0 Å². The summed E-state index contributed by atoms with van der Waals surface area (Å²) in [5.41, 5.74) is 0.534. The summed E-state index contributed by atoms with van der Waals surface area (Å²) in [7, 11) is 0. The van der Waals surface area contributed by atoms with Gasteiger partial charge < -0.3 is 4.55 Å². The Labute approximate surface area is 93.4 Å². The zero-order valence-electron chi connectivity index (χ0n) is 8.86. The Morgan fingerprint density at radius 3 is 2.93 bits per heavy atom. The van der Waals surface area contributed by atoms with Crippen LogP contribution in [0.1, 0.15) is 25.8 Å². The first-order valence-electron chi connectivity index (χ1n) is 4.85. The van der Waals surface area contributed by atoms with Crippen molar-refractivity contribution in [1.29, 1.82) is 5.26 Å². The third kappa shape index (κ3) is 3.56. The molecule has 1 N–H and O–H groups in total. The third-order valence-electron chi connectivity index (χ3n) is 2.10. The summed E-state index contributed by atoms with van der Waals surface area (Å²) in [6.07, 6.45) is 0.920. The molecule has 15 heavy (non-hydrogen) atoms. The fourth-order valence-corrected chi connectivity index (χ4v) is 2.12. The summed E-state index contributed by atoms with van der Waals surface area (Å²) < 4.78 is 14.7. The predicted molar refractivity (Wildman–Crippen MR) is 60.5 cm³/mol. The number of hydrogen-bond acceptors (Lipinski definition) is 3. The molecule has 0 spiro atoms. The lowest BCUT2D eigenvalue weighted by atomic mass is 10.2. The lowest BCUT2D eigenvalue weighted by molar-refractivity contribution is 0.555. The molecule has 0 aliphatic rings. The molecule has 1 aromatic carbocycles. The second kappa shape index (κ2) is 5.76. The van der Waals surface area contributed by atoms with Crippen LogP contribution in [0.15, 0.2) is 29.2 Å². The van der Waals surface area contributed by atoms with Gasteiger partial charge in [0.15, 0.2) is 4.90 Å².